The fourth-order valence-corrected chi connectivity index (χ4v) is 4.50. The van der Waals surface area contributed by atoms with Gasteiger partial charge in [-0.3, -0.25) is 0 Å². The van der Waals surface area contributed by atoms with Crippen LogP contribution in [0, 0.1) is 0 Å². The van der Waals surface area contributed by atoms with E-state index in [-0.39, 0.29) is 0 Å². The monoisotopic (exact) mass is 630 g/mol. The summed E-state index contributed by atoms with van der Waals surface area (Å²) in [6.07, 6.45) is 13.8. The van der Waals surface area contributed by atoms with Gasteiger partial charge in [0, 0.05) is 22.3 Å². The molecule has 250 valence electrons. The zero-order chi connectivity index (χ0) is 33.0. The Balaban J connectivity index is 2.06. The molecule has 0 radical (unpaired) electrons. The molecule has 0 N–H and O–H groups in total. The van der Waals surface area contributed by atoms with Crippen molar-refractivity contribution < 1.29 is 28.4 Å². The van der Waals surface area contributed by atoms with Crippen LogP contribution in [0.2, 0.25) is 0 Å². The van der Waals surface area contributed by atoms with E-state index in [2.05, 4.69) is 78.0 Å². The zero-order valence-electron chi connectivity index (χ0n) is 28.9. The first-order chi connectivity index (χ1) is 22.6. The van der Waals surface area contributed by atoms with Crippen molar-refractivity contribution in [3.05, 3.63) is 70.8 Å². The molecule has 46 heavy (non-hydrogen) atoms. The normalized spacial score (nSPS) is 11.3. The van der Waals surface area contributed by atoms with Crippen LogP contribution in [-0.2, 0) is 0 Å². The minimum Gasteiger partial charge on any atom is -0.494 e. The average Bonchev–Trinajstić information content (AvgIpc) is 3.08. The van der Waals surface area contributed by atoms with Gasteiger partial charge in [-0.15, -0.1) is 0 Å². The maximum absolute atomic E-state index is 6.30. The first-order valence-electron chi connectivity index (χ1n) is 17.2. The van der Waals surface area contributed by atoms with Gasteiger partial charge in [-0.25, -0.2) is 0 Å². The Morgan fingerprint density at radius 3 is 0.957 bits per heavy atom. The molecule has 0 aromatic heterocycles. The molecule has 6 heteroatoms. The maximum atomic E-state index is 6.30. The highest BCUT2D eigenvalue weighted by molar-refractivity contribution is 5.81. The van der Waals surface area contributed by atoms with Crippen molar-refractivity contribution in [1.82, 2.24) is 0 Å². The highest BCUT2D eigenvalue weighted by atomic mass is 16.5. The molecule has 3 aromatic carbocycles. The van der Waals surface area contributed by atoms with Crippen LogP contribution < -0.4 is 28.4 Å². The first kappa shape index (κ1) is 36.4. The Morgan fingerprint density at radius 2 is 0.630 bits per heavy atom. The van der Waals surface area contributed by atoms with Gasteiger partial charge >= 0.3 is 0 Å². The van der Waals surface area contributed by atoms with Crippen LogP contribution in [0.4, 0.5) is 0 Å². The summed E-state index contributed by atoms with van der Waals surface area (Å²) in [6.45, 7) is 16.5. The lowest BCUT2D eigenvalue weighted by atomic mass is 10.0. The van der Waals surface area contributed by atoms with Crippen molar-refractivity contribution in [1.29, 1.82) is 0 Å². The summed E-state index contributed by atoms with van der Waals surface area (Å²) in [5.41, 5.74) is 3.77. The van der Waals surface area contributed by atoms with Crippen molar-refractivity contribution in [2.24, 2.45) is 0 Å². The quantitative estimate of drug-likeness (QED) is 0.103. The van der Waals surface area contributed by atoms with Gasteiger partial charge in [0.15, 0.2) is 0 Å². The number of benzene rings is 3. The molecule has 0 bridgehead atoms. The Bertz CT molecular complexity index is 1270. The first-order valence-corrected chi connectivity index (χ1v) is 17.2. The van der Waals surface area contributed by atoms with Gasteiger partial charge in [-0.05, 0) is 87.1 Å². The van der Waals surface area contributed by atoms with Crippen molar-refractivity contribution in [2.45, 2.75) is 80.1 Å². The summed E-state index contributed by atoms with van der Waals surface area (Å²) >= 11 is 0. The average molecular weight is 631 g/mol. The standard InChI is InChI=1S/C40H54O6/c1-7-21-41-35-17-19-37(43-23-9-3)31(27-35)13-15-33-29-40(46-26-12-6)34(30-39(33)45-25-11-5)16-14-32-28-36(42-22-8-2)18-20-38(32)44-24-10-4/h13-20,27-30H,7-12,21-26H2,1-6H3/b15-13+,16-14+. The molecule has 3 rings (SSSR count). The summed E-state index contributed by atoms with van der Waals surface area (Å²) in [4.78, 5) is 0. The smallest absolute Gasteiger partial charge is 0.127 e. The van der Waals surface area contributed by atoms with Gasteiger partial charge in [0.05, 0.1) is 39.6 Å². The molecule has 0 saturated heterocycles. The van der Waals surface area contributed by atoms with Gasteiger partial charge < -0.3 is 28.4 Å². The fraction of sp³-hybridized carbons (Fsp3) is 0.450. The summed E-state index contributed by atoms with van der Waals surface area (Å²) < 4.78 is 36.6. The minimum absolute atomic E-state index is 0.607. The highest BCUT2D eigenvalue weighted by Gasteiger charge is 2.12. The van der Waals surface area contributed by atoms with Crippen molar-refractivity contribution in [3.8, 4) is 34.5 Å². The largest absolute Gasteiger partial charge is 0.494 e. The minimum atomic E-state index is 0.607. The van der Waals surface area contributed by atoms with Crippen LogP contribution >= 0.6 is 0 Å². The molecule has 0 saturated carbocycles. The molecule has 0 aliphatic rings. The number of hydrogen-bond acceptors (Lipinski definition) is 6. The van der Waals surface area contributed by atoms with E-state index >= 15 is 0 Å². The Morgan fingerprint density at radius 1 is 0.348 bits per heavy atom. The lowest BCUT2D eigenvalue weighted by Gasteiger charge is -2.16. The molecule has 0 heterocycles. The van der Waals surface area contributed by atoms with Gasteiger partial charge in [-0.2, -0.15) is 0 Å². The van der Waals surface area contributed by atoms with E-state index < -0.39 is 0 Å². The second-order valence-corrected chi connectivity index (χ2v) is 11.1. The molecule has 0 aliphatic carbocycles. The molecule has 3 aromatic rings. The van der Waals surface area contributed by atoms with Gasteiger partial charge in [0.1, 0.15) is 34.5 Å². The summed E-state index contributed by atoms with van der Waals surface area (Å²) in [5.74, 6) is 4.88. The SMILES string of the molecule is CCCOc1ccc(OCCC)c(/C=C/c2cc(OCCC)c(/C=C/c3cc(OCCC)ccc3OCCC)cc2OCCC)c1. The van der Waals surface area contributed by atoms with E-state index in [0.717, 1.165) is 95.3 Å². The lowest BCUT2D eigenvalue weighted by molar-refractivity contribution is 0.307. The summed E-state index contributed by atoms with van der Waals surface area (Å²) in [7, 11) is 0. The van der Waals surface area contributed by atoms with Crippen LogP contribution in [0.5, 0.6) is 34.5 Å². The van der Waals surface area contributed by atoms with Gasteiger partial charge in [-0.1, -0.05) is 65.8 Å². The maximum Gasteiger partial charge on any atom is 0.127 e. The van der Waals surface area contributed by atoms with E-state index in [1.54, 1.807) is 0 Å². The Hall–Kier alpha value is -4.06. The van der Waals surface area contributed by atoms with Crippen molar-refractivity contribution >= 4 is 24.3 Å². The van der Waals surface area contributed by atoms with E-state index in [1.165, 1.54) is 0 Å². The predicted molar refractivity (Wildman–Crippen MR) is 192 cm³/mol. The zero-order valence-corrected chi connectivity index (χ0v) is 28.9. The molecular weight excluding hydrogens is 576 g/mol. The van der Waals surface area contributed by atoms with Crippen molar-refractivity contribution in [3.63, 3.8) is 0 Å². The molecule has 0 unspecified atom stereocenters. The van der Waals surface area contributed by atoms with Crippen LogP contribution in [0.3, 0.4) is 0 Å². The van der Waals surface area contributed by atoms with E-state index in [9.17, 15) is 0 Å². The van der Waals surface area contributed by atoms with Crippen LogP contribution in [-0.4, -0.2) is 39.6 Å². The Kier molecular flexibility index (Phi) is 16.5. The van der Waals surface area contributed by atoms with Crippen LogP contribution in [0.15, 0.2) is 48.5 Å². The van der Waals surface area contributed by atoms with Crippen LogP contribution in [0.25, 0.3) is 24.3 Å². The second-order valence-electron chi connectivity index (χ2n) is 11.1. The van der Waals surface area contributed by atoms with Crippen LogP contribution in [0.1, 0.15) is 102 Å². The fourth-order valence-electron chi connectivity index (χ4n) is 4.50. The molecular formula is C40H54O6. The third-order valence-electron chi connectivity index (χ3n) is 6.78. The second kappa shape index (κ2) is 20.9. The molecule has 0 aliphatic heterocycles. The van der Waals surface area contributed by atoms with Crippen molar-refractivity contribution in [2.75, 3.05) is 39.6 Å². The number of ether oxygens (including phenoxy) is 6. The Labute approximate surface area is 277 Å². The number of hydrogen-bond donors (Lipinski definition) is 0. The molecule has 0 amide bonds. The van der Waals surface area contributed by atoms with Gasteiger partial charge in [0.25, 0.3) is 0 Å². The highest BCUT2D eigenvalue weighted by Crippen LogP contribution is 2.35. The van der Waals surface area contributed by atoms with E-state index in [0.29, 0.717) is 39.6 Å². The summed E-state index contributed by atoms with van der Waals surface area (Å²) in [5, 5.41) is 0. The third kappa shape index (κ3) is 11.7. The molecule has 0 fully saturated rings. The molecule has 6 nitrogen and oxygen atoms in total. The molecule has 0 atom stereocenters. The van der Waals surface area contributed by atoms with E-state index in [1.807, 2.05) is 36.4 Å². The number of rotatable bonds is 22. The summed E-state index contributed by atoms with van der Waals surface area (Å²) in [6, 6.07) is 16.1. The van der Waals surface area contributed by atoms with Gasteiger partial charge in [0.2, 0.25) is 0 Å². The topological polar surface area (TPSA) is 55.4 Å². The predicted octanol–water partition coefficient (Wildman–Crippen LogP) is 10.8. The molecule has 0 spiro atoms. The van der Waals surface area contributed by atoms with E-state index in [4.69, 9.17) is 28.4 Å². The third-order valence-corrected chi connectivity index (χ3v) is 6.78. The lowest BCUT2D eigenvalue weighted by Crippen LogP contribution is -2.02.